The zero-order valence-electron chi connectivity index (χ0n) is 11.9. The normalized spacial score (nSPS) is 11.6. The summed E-state index contributed by atoms with van der Waals surface area (Å²) in [6.45, 7) is 4.25. The Morgan fingerprint density at radius 3 is 2.14 bits per heavy atom. The van der Waals surface area contributed by atoms with E-state index < -0.39 is 34.9 Å². The lowest BCUT2D eigenvalue weighted by Gasteiger charge is -2.23. The molecule has 0 bridgehead atoms. The zero-order valence-corrected chi connectivity index (χ0v) is 11.9. The Morgan fingerprint density at radius 2 is 1.67 bits per heavy atom. The van der Waals surface area contributed by atoms with Gasteiger partial charge in [0, 0.05) is 12.5 Å². The first-order valence-electron chi connectivity index (χ1n) is 6.51. The Morgan fingerprint density at radius 1 is 1.14 bits per heavy atom. The average molecular weight is 306 g/mol. The molecule has 0 heterocycles. The third kappa shape index (κ3) is 4.70. The standard InChI is InChI=1S/C14H18F4N2O/c1-14(2,5-6-19)4-3-10(21)20-13-11(17)8(15)7-9(16)12(13)18/h7H,3-6,19H2,1-2H3,(H,20,21). The summed E-state index contributed by atoms with van der Waals surface area (Å²) in [5.74, 6) is -7.09. The van der Waals surface area contributed by atoms with Crippen LogP contribution >= 0.6 is 0 Å². The fourth-order valence-electron chi connectivity index (χ4n) is 1.85. The lowest BCUT2D eigenvalue weighted by Crippen LogP contribution is -2.21. The van der Waals surface area contributed by atoms with Crippen molar-refractivity contribution in [2.45, 2.75) is 33.1 Å². The topological polar surface area (TPSA) is 55.1 Å². The molecule has 0 fully saturated rings. The minimum absolute atomic E-state index is 0.0377. The molecular weight excluding hydrogens is 288 g/mol. The van der Waals surface area contributed by atoms with Crippen LogP contribution in [-0.4, -0.2) is 12.5 Å². The van der Waals surface area contributed by atoms with Crippen LogP contribution in [0.5, 0.6) is 0 Å². The van der Waals surface area contributed by atoms with Crippen LogP contribution in [0.15, 0.2) is 6.07 Å². The van der Waals surface area contributed by atoms with Crippen molar-refractivity contribution in [3.63, 3.8) is 0 Å². The molecule has 1 aromatic rings. The monoisotopic (exact) mass is 306 g/mol. The Labute approximate surface area is 120 Å². The van der Waals surface area contributed by atoms with E-state index in [1.807, 2.05) is 19.2 Å². The lowest BCUT2D eigenvalue weighted by molar-refractivity contribution is -0.116. The van der Waals surface area contributed by atoms with Crippen molar-refractivity contribution in [2.75, 3.05) is 11.9 Å². The predicted octanol–water partition coefficient (Wildman–Crippen LogP) is 3.34. The molecule has 0 saturated carbocycles. The van der Waals surface area contributed by atoms with Crippen LogP contribution in [0.25, 0.3) is 0 Å². The maximum absolute atomic E-state index is 13.4. The minimum Gasteiger partial charge on any atom is -0.330 e. The second-order valence-electron chi connectivity index (χ2n) is 5.59. The second-order valence-corrected chi connectivity index (χ2v) is 5.59. The molecule has 0 aliphatic carbocycles. The first-order valence-corrected chi connectivity index (χ1v) is 6.51. The molecule has 118 valence electrons. The molecule has 1 aromatic carbocycles. The molecular formula is C14H18F4N2O. The van der Waals surface area contributed by atoms with Crippen molar-refractivity contribution in [1.82, 2.24) is 0 Å². The molecule has 3 nitrogen and oxygen atoms in total. The highest BCUT2D eigenvalue weighted by Crippen LogP contribution is 2.27. The molecule has 7 heteroatoms. The summed E-state index contributed by atoms with van der Waals surface area (Å²) in [4.78, 5) is 11.7. The summed E-state index contributed by atoms with van der Waals surface area (Å²) in [6.07, 6.45) is 1.07. The van der Waals surface area contributed by atoms with Crippen LogP contribution in [0.2, 0.25) is 0 Å². The summed E-state index contributed by atoms with van der Waals surface area (Å²) in [6, 6.07) is 0.0880. The molecule has 3 N–H and O–H groups in total. The number of anilines is 1. The maximum Gasteiger partial charge on any atom is 0.224 e. The molecule has 0 aliphatic rings. The molecule has 1 amide bonds. The summed E-state index contributed by atoms with van der Waals surface area (Å²) in [5, 5.41) is 1.87. The Bertz CT molecular complexity index is 506. The number of hydrogen-bond donors (Lipinski definition) is 2. The number of halogens is 4. The summed E-state index contributed by atoms with van der Waals surface area (Å²) < 4.78 is 52.8. The fourth-order valence-corrected chi connectivity index (χ4v) is 1.85. The van der Waals surface area contributed by atoms with Crippen LogP contribution in [0.1, 0.15) is 33.1 Å². The SMILES string of the molecule is CC(C)(CCN)CCC(=O)Nc1c(F)c(F)cc(F)c1F. The van der Waals surface area contributed by atoms with Crippen molar-refractivity contribution in [3.05, 3.63) is 29.3 Å². The van der Waals surface area contributed by atoms with Gasteiger partial charge >= 0.3 is 0 Å². The number of benzene rings is 1. The summed E-state index contributed by atoms with van der Waals surface area (Å²) >= 11 is 0. The highest BCUT2D eigenvalue weighted by Gasteiger charge is 2.22. The average Bonchev–Trinajstić information content (AvgIpc) is 2.39. The van der Waals surface area contributed by atoms with Gasteiger partial charge in [0.1, 0.15) is 5.69 Å². The van der Waals surface area contributed by atoms with E-state index in [4.69, 9.17) is 5.73 Å². The Balaban J connectivity index is 2.76. The zero-order chi connectivity index (χ0) is 16.2. The lowest BCUT2D eigenvalue weighted by atomic mass is 9.84. The van der Waals surface area contributed by atoms with Gasteiger partial charge in [-0.05, 0) is 24.8 Å². The summed E-state index contributed by atoms with van der Waals surface area (Å²) in [7, 11) is 0. The van der Waals surface area contributed by atoms with Gasteiger partial charge in [-0.2, -0.15) is 0 Å². The molecule has 0 atom stereocenters. The van der Waals surface area contributed by atoms with E-state index in [2.05, 4.69) is 0 Å². The fraction of sp³-hybridized carbons (Fsp3) is 0.500. The van der Waals surface area contributed by atoms with Gasteiger partial charge in [0.15, 0.2) is 23.3 Å². The number of nitrogens with one attached hydrogen (secondary N) is 1. The number of amides is 1. The highest BCUT2D eigenvalue weighted by atomic mass is 19.2. The van der Waals surface area contributed by atoms with Crippen molar-refractivity contribution in [2.24, 2.45) is 11.1 Å². The first-order chi connectivity index (χ1) is 9.68. The molecule has 0 aliphatic heterocycles. The van der Waals surface area contributed by atoms with Crippen LogP contribution in [0.3, 0.4) is 0 Å². The quantitative estimate of drug-likeness (QED) is 0.625. The van der Waals surface area contributed by atoms with Gasteiger partial charge in [0.25, 0.3) is 0 Å². The van der Waals surface area contributed by atoms with Gasteiger partial charge in [-0.3, -0.25) is 4.79 Å². The van der Waals surface area contributed by atoms with E-state index in [0.29, 0.717) is 19.4 Å². The third-order valence-corrected chi connectivity index (χ3v) is 3.23. The van der Waals surface area contributed by atoms with Gasteiger partial charge in [0.05, 0.1) is 0 Å². The third-order valence-electron chi connectivity index (χ3n) is 3.23. The largest absolute Gasteiger partial charge is 0.330 e. The number of hydrogen-bond acceptors (Lipinski definition) is 2. The molecule has 0 unspecified atom stereocenters. The van der Waals surface area contributed by atoms with Crippen LogP contribution < -0.4 is 11.1 Å². The predicted molar refractivity (Wildman–Crippen MR) is 71.6 cm³/mol. The molecule has 1 rings (SSSR count). The minimum atomic E-state index is -1.62. The van der Waals surface area contributed by atoms with Crippen LogP contribution in [0.4, 0.5) is 23.2 Å². The van der Waals surface area contributed by atoms with E-state index in [0.717, 1.165) is 0 Å². The van der Waals surface area contributed by atoms with Gasteiger partial charge in [0.2, 0.25) is 5.91 Å². The van der Waals surface area contributed by atoms with E-state index in [1.165, 1.54) is 0 Å². The Hall–Kier alpha value is -1.63. The number of carbonyl (C=O) groups is 1. The maximum atomic E-state index is 13.4. The molecule has 0 aromatic heterocycles. The highest BCUT2D eigenvalue weighted by molar-refractivity contribution is 5.91. The van der Waals surface area contributed by atoms with Crippen molar-refractivity contribution in [1.29, 1.82) is 0 Å². The molecule has 0 radical (unpaired) electrons. The molecule has 0 saturated heterocycles. The van der Waals surface area contributed by atoms with Crippen LogP contribution in [-0.2, 0) is 4.79 Å². The van der Waals surface area contributed by atoms with Crippen molar-refractivity contribution >= 4 is 11.6 Å². The summed E-state index contributed by atoms with van der Waals surface area (Å²) in [5.41, 5.74) is 4.12. The molecule has 0 spiro atoms. The smallest absolute Gasteiger partial charge is 0.224 e. The van der Waals surface area contributed by atoms with E-state index in [-0.39, 0.29) is 17.9 Å². The Kier molecular flexibility index (Phi) is 5.71. The van der Waals surface area contributed by atoms with Gasteiger partial charge in [-0.15, -0.1) is 0 Å². The van der Waals surface area contributed by atoms with Crippen molar-refractivity contribution in [3.8, 4) is 0 Å². The van der Waals surface area contributed by atoms with Gasteiger partial charge < -0.3 is 11.1 Å². The van der Waals surface area contributed by atoms with Crippen molar-refractivity contribution < 1.29 is 22.4 Å². The van der Waals surface area contributed by atoms with E-state index in [9.17, 15) is 22.4 Å². The number of carbonyl (C=O) groups excluding carboxylic acids is 1. The van der Waals surface area contributed by atoms with E-state index >= 15 is 0 Å². The van der Waals surface area contributed by atoms with E-state index in [1.54, 1.807) is 0 Å². The first kappa shape index (κ1) is 17.4. The van der Waals surface area contributed by atoms with Gasteiger partial charge in [-0.1, -0.05) is 13.8 Å². The van der Waals surface area contributed by atoms with Gasteiger partial charge in [-0.25, -0.2) is 17.6 Å². The number of nitrogens with two attached hydrogens (primary N) is 1. The second kappa shape index (κ2) is 6.89. The molecule has 21 heavy (non-hydrogen) atoms. The van der Waals surface area contributed by atoms with Crippen LogP contribution in [0, 0.1) is 28.7 Å². The number of rotatable bonds is 6.